The minimum atomic E-state index is -4.04. The summed E-state index contributed by atoms with van der Waals surface area (Å²) in [6, 6.07) is 8.19. The Kier molecular flexibility index (Phi) is 12.9. The Bertz CT molecular complexity index is 2180. The molecule has 3 aromatic rings. The van der Waals surface area contributed by atoms with Gasteiger partial charge in [0.1, 0.15) is 23.8 Å². The van der Waals surface area contributed by atoms with Crippen LogP contribution in [0.3, 0.4) is 0 Å². The third-order valence-electron chi connectivity index (χ3n) is 10.2. The van der Waals surface area contributed by atoms with Gasteiger partial charge in [0, 0.05) is 67.5 Å². The molecule has 5 amide bonds. The zero-order valence-electron chi connectivity index (χ0n) is 31.6. The monoisotopic (exact) mass is 813 g/mol. The number of nitrogens with zero attached hydrogens (tertiary/aromatic N) is 2. The maximum atomic E-state index is 14.4. The Morgan fingerprint density at radius 1 is 1.04 bits per heavy atom. The summed E-state index contributed by atoms with van der Waals surface area (Å²) in [5.74, 6) is -2.98. The first-order valence-electron chi connectivity index (χ1n) is 18.2. The first-order valence-corrected chi connectivity index (χ1v) is 22.2. The second-order valence-corrected chi connectivity index (χ2v) is 18.9. The molecule has 17 nitrogen and oxygen atoms in total. The highest BCUT2D eigenvalue weighted by molar-refractivity contribution is 7.90. The summed E-state index contributed by atoms with van der Waals surface area (Å²) >= 11 is 0. The summed E-state index contributed by atoms with van der Waals surface area (Å²) in [6.45, 7) is 5.65. The largest absolute Gasteiger partial charge is 0.370 e. The van der Waals surface area contributed by atoms with E-state index in [1.807, 2.05) is 13.8 Å². The second-order valence-electron chi connectivity index (χ2n) is 14.8. The van der Waals surface area contributed by atoms with Crippen molar-refractivity contribution in [3.05, 3.63) is 65.4 Å². The molecule has 2 aromatic carbocycles. The van der Waals surface area contributed by atoms with Crippen LogP contribution in [0.1, 0.15) is 72.4 Å². The molecule has 2 saturated heterocycles. The standard InChI is InChI=1S/C37H48N7O10PS/c1-21(2)43-16-15-25-8-13-31(35(48)41-28(12-14-32(38)45)33(46)39-19-22-5-9-26(10-6-22)56(4,53)54)44(25)36(49)30(20-43)42-34(47)29-18-24-17-23(7-11-27(24)40-29)37(50)55(3,51)52/h5-7,9-11,17-18,21,25,28,30-31,40H,8,12-16,19-20H2,1-4H3,(H2,38,45)(H,39,46)(H,41,48)(H,42,47)(H,51,52)/t25-,28+,30+,31+/m1/s1. The van der Waals surface area contributed by atoms with Gasteiger partial charge in [0.25, 0.3) is 13.3 Å². The molecule has 1 aromatic heterocycles. The van der Waals surface area contributed by atoms with Crippen LogP contribution in [0.5, 0.6) is 0 Å². The first kappa shape index (κ1) is 42.2. The molecule has 5 atom stereocenters. The number of nitrogens with two attached hydrogens (primary N) is 1. The predicted molar refractivity (Wildman–Crippen MR) is 206 cm³/mol. The van der Waals surface area contributed by atoms with E-state index >= 15 is 0 Å². The van der Waals surface area contributed by atoms with Gasteiger partial charge in [-0.3, -0.25) is 38.2 Å². The molecular formula is C37H48N7O10PS. The zero-order valence-corrected chi connectivity index (χ0v) is 33.3. The van der Waals surface area contributed by atoms with E-state index < -0.39 is 70.4 Å². The van der Waals surface area contributed by atoms with Crippen molar-refractivity contribution in [3.8, 4) is 0 Å². The number of amides is 5. The molecule has 2 fully saturated rings. The number of aromatic amines is 1. The van der Waals surface area contributed by atoms with Crippen LogP contribution in [0.25, 0.3) is 10.9 Å². The van der Waals surface area contributed by atoms with E-state index in [4.69, 9.17) is 5.73 Å². The van der Waals surface area contributed by atoms with Gasteiger partial charge in [0.05, 0.1) is 4.90 Å². The third kappa shape index (κ3) is 10.1. The molecule has 0 bridgehead atoms. The lowest BCUT2D eigenvalue weighted by Crippen LogP contribution is -2.62. The van der Waals surface area contributed by atoms with Crippen molar-refractivity contribution in [1.82, 2.24) is 30.7 Å². The van der Waals surface area contributed by atoms with Gasteiger partial charge in [0.2, 0.25) is 29.2 Å². The number of primary amides is 1. The fourth-order valence-corrected chi connectivity index (χ4v) is 8.33. The summed E-state index contributed by atoms with van der Waals surface area (Å²) in [5.41, 5.74) is 5.64. The van der Waals surface area contributed by atoms with Crippen molar-refractivity contribution < 1.29 is 46.6 Å². The topological polar surface area (TPSA) is 258 Å². The molecule has 0 spiro atoms. The van der Waals surface area contributed by atoms with Crippen LogP contribution in [0.4, 0.5) is 0 Å². The number of aromatic nitrogens is 1. The molecular weight excluding hydrogens is 765 g/mol. The number of rotatable bonds is 14. The maximum Gasteiger partial charge on any atom is 0.268 e. The SMILES string of the molecule is CC(C)N1CC[C@H]2CC[C@@H](C(=O)N[C@@H](CCC(N)=O)C(=O)NCc3ccc(S(C)(=O)=O)cc3)N2C(=O)[C@@H](NC(=O)c2cc3cc(C(=O)P(C)(=O)O)ccc3[nH]2)C1. The molecule has 2 aliphatic rings. The van der Waals surface area contributed by atoms with E-state index in [1.165, 1.54) is 41.3 Å². The van der Waals surface area contributed by atoms with E-state index in [0.29, 0.717) is 42.3 Å². The number of carbonyl (C=O) groups excluding carboxylic acids is 6. The Balaban J connectivity index is 1.33. The van der Waals surface area contributed by atoms with Crippen LogP contribution in [-0.4, -0.2) is 119 Å². The van der Waals surface area contributed by atoms with Crippen LogP contribution >= 0.6 is 7.37 Å². The summed E-state index contributed by atoms with van der Waals surface area (Å²) in [7, 11) is -7.46. The Morgan fingerprint density at radius 2 is 1.73 bits per heavy atom. The van der Waals surface area contributed by atoms with Crippen LogP contribution in [0.15, 0.2) is 53.4 Å². The number of benzene rings is 2. The molecule has 56 heavy (non-hydrogen) atoms. The molecule has 2 aliphatic heterocycles. The van der Waals surface area contributed by atoms with E-state index in [2.05, 4.69) is 25.8 Å². The molecule has 7 N–H and O–H groups in total. The molecule has 0 saturated carbocycles. The van der Waals surface area contributed by atoms with Crippen molar-refractivity contribution in [2.75, 3.05) is 26.0 Å². The van der Waals surface area contributed by atoms with E-state index in [0.717, 1.165) is 12.9 Å². The molecule has 19 heteroatoms. The molecule has 5 rings (SSSR count). The van der Waals surface area contributed by atoms with Crippen molar-refractivity contribution in [1.29, 1.82) is 0 Å². The average Bonchev–Trinajstić information content (AvgIpc) is 3.75. The Morgan fingerprint density at radius 3 is 2.36 bits per heavy atom. The van der Waals surface area contributed by atoms with Gasteiger partial charge in [-0.2, -0.15) is 0 Å². The molecule has 302 valence electrons. The van der Waals surface area contributed by atoms with E-state index in [9.17, 15) is 46.6 Å². The zero-order chi connectivity index (χ0) is 41.1. The third-order valence-corrected chi connectivity index (χ3v) is 12.3. The van der Waals surface area contributed by atoms with Gasteiger partial charge in [-0.05, 0) is 81.5 Å². The minimum Gasteiger partial charge on any atom is -0.370 e. The van der Waals surface area contributed by atoms with Crippen LogP contribution in [-0.2, 0) is 40.1 Å². The molecule has 3 heterocycles. The van der Waals surface area contributed by atoms with Gasteiger partial charge < -0.3 is 36.5 Å². The highest BCUT2D eigenvalue weighted by Crippen LogP contribution is 2.40. The maximum absolute atomic E-state index is 14.4. The summed E-state index contributed by atoms with van der Waals surface area (Å²) < 4.78 is 35.6. The van der Waals surface area contributed by atoms with Crippen LogP contribution in [0, 0.1) is 0 Å². The van der Waals surface area contributed by atoms with Gasteiger partial charge >= 0.3 is 0 Å². The number of H-pyrrole nitrogens is 1. The van der Waals surface area contributed by atoms with E-state index in [-0.39, 0.29) is 54.2 Å². The summed E-state index contributed by atoms with van der Waals surface area (Å²) in [6.07, 6.45) is 2.13. The van der Waals surface area contributed by atoms with Crippen molar-refractivity contribution >= 4 is 63.2 Å². The molecule has 1 unspecified atom stereocenters. The van der Waals surface area contributed by atoms with Crippen molar-refractivity contribution in [2.45, 2.75) is 87.6 Å². The molecule has 0 aliphatic carbocycles. The fourth-order valence-electron chi connectivity index (χ4n) is 7.09. The van der Waals surface area contributed by atoms with Gasteiger partial charge in [0.15, 0.2) is 9.84 Å². The highest BCUT2D eigenvalue weighted by Gasteiger charge is 2.46. The summed E-state index contributed by atoms with van der Waals surface area (Å²) in [5, 5.41) is 8.71. The number of sulfone groups is 1. The molecule has 0 radical (unpaired) electrons. The lowest BCUT2D eigenvalue weighted by Gasteiger charge is -2.40. The lowest BCUT2D eigenvalue weighted by molar-refractivity contribution is -0.144. The average molecular weight is 814 g/mol. The number of nitrogens with one attached hydrogen (secondary N) is 4. The quantitative estimate of drug-likeness (QED) is 0.126. The van der Waals surface area contributed by atoms with Gasteiger partial charge in [-0.1, -0.05) is 12.1 Å². The highest BCUT2D eigenvalue weighted by atomic mass is 32.2. The number of hydrogen-bond acceptors (Lipinski definition) is 10. The van der Waals surface area contributed by atoms with Crippen LogP contribution < -0.4 is 21.7 Å². The number of carbonyl (C=O) groups is 6. The normalized spacial score (nSPS) is 20.7. The van der Waals surface area contributed by atoms with Crippen molar-refractivity contribution in [2.24, 2.45) is 5.73 Å². The Hall–Kier alpha value is -4.90. The second kappa shape index (κ2) is 17.1. The smallest absolute Gasteiger partial charge is 0.268 e. The number of fused-ring (bicyclic) bond motifs is 2. The lowest BCUT2D eigenvalue weighted by atomic mass is 10.1. The van der Waals surface area contributed by atoms with Crippen molar-refractivity contribution in [3.63, 3.8) is 0 Å². The predicted octanol–water partition coefficient (Wildman–Crippen LogP) is 1.25. The van der Waals surface area contributed by atoms with Crippen LogP contribution in [0.2, 0.25) is 0 Å². The van der Waals surface area contributed by atoms with Gasteiger partial charge in [-0.25, -0.2) is 8.42 Å². The van der Waals surface area contributed by atoms with Gasteiger partial charge in [-0.15, -0.1) is 0 Å². The first-order chi connectivity index (χ1) is 26.2. The Labute approximate surface area is 324 Å². The minimum absolute atomic E-state index is 0.00873. The number of hydrogen-bond donors (Lipinski definition) is 6. The fraction of sp³-hybridized carbons (Fsp3) is 0.459. The van der Waals surface area contributed by atoms with E-state index in [1.54, 1.807) is 12.1 Å². The summed E-state index contributed by atoms with van der Waals surface area (Å²) in [4.78, 5) is 95.9.